The van der Waals surface area contributed by atoms with Gasteiger partial charge in [-0.1, -0.05) is 51.3 Å². The van der Waals surface area contributed by atoms with Crippen molar-refractivity contribution in [2.75, 3.05) is 5.32 Å². The molecule has 1 aliphatic heterocycles. The average Bonchev–Trinajstić information content (AvgIpc) is 3.23. The van der Waals surface area contributed by atoms with Gasteiger partial charge in [0.25, 0.3) is 5.91 Å². The molecule has 2 aromatic carbocycles. The molecular formula is C19H8BrCl2N3OS. The topological polar surface area (TPSA) is 65.8 Å². The molecule has 8 heteroatoms. The molecule has 0 spiro atoms. The second-order valence-corrected chi connectivity index (χ2v) is 8.29. The number of hydrogen-bond donors (Lipinski definition) is 1. The number of halogens is 3. The molecule has 4 nitrogen and oxygen atoms in total. The highest BCUT2D eigenvalue weighted by Crippen LogP contribution is 2.43. The van der Waals surface area contributed by atoms with Crippen molar-refractivity contribution >= 4 is 73.2 Å². The van der Waals surface area contributed by atoms with Gasteiger partial charge >= 0.3 is 0 Å². The van der Waals surface area contributed by atoms with Gasteiger partial charge in [-0.3, -0.25) is 4.79 Å². The summed E-state index contributed by atoms with van der Waals surface area (Å²) >= 11 is 17.0. The average molecular weight is 477 g/mol. The highest BCUT2D eigenvalue weighted by molar-refractivity contribution is 9.10. The highest BCUT2D eigenvalue weighted by atomic mass is 79.9. The number of aromatic nitrogens is 1. The second kappa shape index (κ2) is 7.10. The minimum absolute atomic E-state index is 0.193. The quantitative estimate of drug-likeness (QED) is 0.350. The van der Waals surface area contributed by atoms with Crippen LogP contribution in [0, 0.1) is 11.3 Å². The van der Waals surface area contributed by atoms with E-state index < -0.39 is 5.91 Å². The molecule has 0 radical (unpaired) electrons. The minimum Gasteiger partial charge on any atom is -0.320 e. The van der Waals surface area contributed by atoms with E-state index in [1.807, 2.05) is 29.6 Å². The van der Waals surface area contributed by atoms with Crippen molar-refractivity contribution in [1.82, 2.24) is 4.98 Å². The largest absolute Gasteiger partial charge is 0.320 e. The molecule has 132 valence electrons. The summed E-state index contributed by atoms with van der Waals surface area (Å²) in [6, 6.07) is 13.0. The minimum atomic E-state index is -0.397. The molecule has 0 saturated heterocycles. The molecule has 0 unspecified atom stereocenters. The number of anilines is 1. The van der Waals surface area contributed by atoms with Crippen LogP contribution in [0.25, 0.3) is 22.4 Å². The van der Waals surface area contributed by atoms with E-state index in [0.29, 0.717) is 26.3 Å². The molecule has 4 rings (SSSR count). The predicted molar refractivity (Wildman–Crippen MR) is 113 cm³/mol. The summed E-state index contributed by atoms with van der Waals surface area (Å²) in [6.07, 6.45) is 0. The number of hydrogen-bond acceptors (Lipinski definition) is 4. The lowest BCUT2D eigenvalue weighted by molar-refractivity contribution is -0.110. The van der Waals surface area contributed by atoms with Gasteiger partial charge in [-0.15, -0.1) is 11.3 Å². The molecule has 0 saturated carbocycles. The van der Waals surface area contributed by atoms with Gasteiger partial charge in [0.15, 0.2) is 0 Å². The molecule has 1 aliphatic rings. The summed E-state index contributed by atoms with van der Waals surface area (Å²) in [4.78, 5) is 17.1. The number of nitrogens with one attached hydrogen (secondary N) is 1. The van der Waals surface area contributed by atoms with E-state index in [4.69, 9.17) is 23.2 Å². The first kappa shape index (κ1) is 18.2. The van der Waals surface area contributed by atoms with Crippen molar-refractivity contribution in [3.63, 3.8) is 0 Å². The monoisotopic (exact) mass is 475 g/mol. The lowest BCUT2D eigenvalue weighted by atomic mass is 10.0. The lowest BCUT2D eigenvalue weighted by Gasteiger charge is -2.03. The smallest absolute Gasteiger partial charge is 0.257 e. The number of nitriles is 1. The van der Waals surface area contributed by atoms with Crippen LogP contribution in [-0.2, 0) is 4.79 Å². The van der Waals surface area contributed by atoms with E-state index in [1.54, 1.807) is 12.1 Å². The fourth-order valence-electron chi connectivity index (χ4n) is 2.80. The zero-order chi connectivity index (χ0) is 19.1. The SMILES string of the molecule is N#C/C(=C1/C(=O)Nc2c(Cl)cc(Cl)cc21)c1nc(-c2ccc(Br)cc2)cs1. The summed E-state index contributed by atoms with van der Waals surface area (Å²) in [5, 5.41) is 15.5. The first-order valence-electron chi connectivity index (χ1n) is 7.65. The Morgan fingerprint density at radius 2 is 1.96 bits per heavy atom. The van der Waals surface area contributed by atoms with Crippen LogP contribution < -0.4 is 5.32 Å². The third kappa shape index (κ3) is 3.28. The molecule has 0 fully saturated rings. The van der Waals surface area contributed by atoms with Gasteiger partial charge in [0, 0.05) is 26.0 Å². The van der Waals surface area contributed by atoms with Crippen molar-refractivity contribution < 1.29 is 4.79 Å². The molecule has 1 N–H and O–H groups in total. The molecule has 3 aromatic rings. The van der Waals surface area contributed by atoms with Gasteiger partial charge in [0.05, 0.1) is 22.0 Å². The van der Waals surface area contributed by atoms with Crippen LogP contribution in [0.1, 0.15) is 10.6 Å². The van der Waals surface area contributed by atoms with Gasteiger partial charge in [-0.05, 0) is 24.3 Å². The van der Waals surface area contributed by atoms with Crippen LogP contribution in [0.2, 0.25) is 10.0 Å². The molecule has 27 heavy (non-hydrogen) atoms. The van der Waals surface area contributed by atoms with Gasteiger partial charge in [0.2, 0.25) is 0 Å². The van der Waals surface area contributed by atoms with E-state index in [0.717, 1.165) is 15.7 Å². The van der Waals surface area contributed by atoms with Gasteiger partial charge < -0.3 is 5.32 Å². The Kier molecular flexibility index (Phi) is 4.79. The fraction of sp³-hybridized carbons (Fsp3) is 0. The molecule has 1 amide bonds. The van der Waals surface area contributed by atoms with Crippen molar-refractivity contribution in [3.05, 3.63) is 66.9 Å². The maximum atomic E-state index is 12.5. The Labute approximate surface area is 177 Å². The molecule has 0 aliphatic carbocycles. The van der Waals surface area contributed by atoms with E-state index in [-0.39, 0.29) is 11.1 Å². The number of rotatable bonds is 2. The molecule has 0 bridgehead atoms. The van der Waals surface area contributed by atoms with Crippen molar-refractivity contribution in [1.29, 1.82) is 5.26 Å². The molecular weight excluding hydrogens is 469 g/mol. The van der Waals surface area contributed by atoms with Crippen LogP contribution in [0.5, 0.6) is 0 Å². The van der Waals surface area contributed by atoms with Crippen LogP contribution in [0.15, 0.2) is 46.3 Å². The number of nitrogens with zero attached hydrogens (tertiary/aromatic N) is 2. The van der Waals surface area contributed by atoms with Crippen molar-refractivity contribution in [2.24, 2.45) is 0 Å². The van der Waals surface area contributed by atoms with Crippen molar-refractivity contribution in [2.45, 2.75) is 0 Å². The third-order valence-corrected chi connectivity index (χ3v) is 5.91. The number of carbonyl (C=O) groups excluding carboxylic acids is 1. The normalized spacial score (nSPS) is 14.5. The highest BCUT2D eigenvalue weighted by Gasteiger charge is 2.31. The van der Waals surface area contributed by atoms with E-state index in [2.05, 4.69) is 32.3 Å². The summed E-state index contributed by atoms with van der Waals surface area (Å²) in [5.74, 6) is -0.397. The fourth-order valence-corrected chi connectivity index (χ4v) is 4.43. The zero-order valence-electron chi connectivity index (χ0n) is 13.4. The van der Waals surface area contributed by atoms with Crippen LogP contribution >= 0.6 is 50.5 Å². The number of allylic oxidation sites excluding steroid dienone is 1. The summed E-state index contributed by atoms with van der Waals surface area (Å²) < 4.78 is 0.967. The number of benzene rings is 2. The summed E-state index contributed by atoms with van der Waals surface area (Å²) in [5.41, 5.74) is 3.04. The molecule has 0 atom stereocenters. The Bertz CT molecular complexity index is 1160. The Morgan fingerprint density at radius 3 is 2.67 bits per heavy atom. The van der Waals surface area contributed by atoms with Crippen LogP contribution in [0.4, 0.5) is 5.69 Å². The van der Waals surface area contributed by atoms with E-state index >= 15 is 0 Å². The Morgan fingerprint density at radius 1 is 1.22 bits per heavy atom. The molecule has 2 heterocycles. The Balaban J connectivity index is 1.86. The maximum absolute atomic E-state index is 12.5. The van der Waals surface area contributed by atoms with Crippen LogP contribution in [-0.4, -0.2) is 10.9 Å². The number of fused-ring (bicyclic) bond motifs is 1. The second-order valence-electron chi connectivity index (χ2n) is 5.67. The molecule has 1 aromatic heterocycles. The number of amides is 1. The van der Waals surface area contributed by atoms with Gasteiger partial charge in [-0.2, -0.15) is 5.26 Å². The van der Waals surface area contributed by atoms with E-state index in [1.165, 1.54) is 11.3 Å². The van der Waals surface area contributed by atoms with Crippen LogP contribution in [0.3, 0.4) is 0 Å². The maximum Gasteiger partial charge on any atom is 0.257 e. The zero-order valence-corrected chi connectivity index (χ0v) is 17.3. The number of carbonyl (C=O) groups is 1. The third-order valence-electron chi connectivity index (χ3n) is 4.01. The first-order valence-corrected chi connectivity index (χ1v) is 10.1. The van der Waals surface area contributed by atoms with Gasteiger partial charge in [0.1, 0.15) is 16.6 Å². The van der Waals surface area contributed by atoms with Gasteiger partial charge in [-0.25, -0.2) is 4.98 Å². The predicted octanol–water partition coefficient (Wildman–Crippen LogP) is 6.27. The lowest BCUT2D eigenvalue weighted by Crippen LogP contribution is -2.05. The van der Waals surface area contributed by atoms with Crippen molar-refractivity contribution in [3.8, 4) is 17.3 Å². The standard InChI is InChI=1S/C19H8BrCl2N3OS/c20-10-3-1-9(2-4-10)15-8-27-19(24-15)13(7-23)16-12-5-11(21)6-14(22)17(12)25-18(16)26/h1-6,8H,(H,25,26)/b16-13-. The summed E-state index contributed by atoms with van der Waals surface area (Å²) in [7, 11) is 0. The summed E-state index contributed by atoms with van der Waals surface area (Å²) in [6.45, 7) is 0. The number of thiazole rings is 1. The van der Waals surface area contributed by atoms with E-state index in [9.17, 15) is 10.1 Å². The first-order chi connectivity index (χ1) is 13.0. The Hall–Kier alpha value is -2.17.